The molecule has 0 spiro atoms. The van der Waals surface area contributed by atoms with Crippen molar-refractivity contribution < 1.29 is 9.53 Å². The first-order chi connectivity index (χ1) is 9.51. The topological polar surface area (TPSA) is 38.3 Å². The number of halogens is 1. The molecule has 1 aliphatic rings. The lowest BCUT2D eigenvalue weighted by Crippen LogP contribution is -2.39. The minimum Gasteiger partial charge on any atom is -0.497 e. The van der Waals surface area contributed by atoms with E-state index in [1.807, 2.05) is 12.1 Å². The zero-order valence-corrected chi connectivity index (χ0v) is 13.9. The number of carbonyl (C=O) groups excluding carboxylic acids is 1. The van der Waals surface area contributed by atoms with Gasteiger partial charge in [0.15, 0.2) is 0 Å². The summed E-state index contributed by atoms with van der Waals surface area (Å²) in [6.45, 7) is 4.56. The summed E-state index contributed by atoms with van der Waals surface area (Å²) in [5.74, 6) is 2.10. The predicted octanol–water partition coefficient (Wildman–Crippen LogP) is 4.01. The van der Waals surface area contributed by atoms with Crippen molar-refractivity contribution in [1.29, 1.82) is 0 Å². The number of ether oxygens (including phenoxy) is 1. The summed E-state index contributed by atoms with van der Waals surface area (Å²) in [6, 6.07) is 5.74. The zero-order chi connectivity index (χ0) is 14.7. The van der Waals surface area contributed by atoms with Crippen LogP contribution in [0.3, 0.4) is 0 Å². The van der Waals surface area contributed by atoms with E-state index in [2.05, 4.69) is 35.1 Å². The molecule has 0 bridgehead atoms. The molecule has 1 fully saturated rings. The summed E-state index contributed by atoms with van der Waals surface area (Å²) in [5.41, 5.74) is 0.635. The standard InChI is InChI=1S/C16H22BrNO2/c1-10-4-5-12(8-11(10)2)18-16(19)14-9-13(20-3)6-7-15(14)17/h6-7,9-12H,4-5,8H2,1-3H3,(H,18,19). The summed E-state index contributed by atoms with van der Waals surface area (Å²) < 4.78 is 5.98. The quantitative estimate of drug-likeness (QED) is 0.903. The highest BCUT2D eigenvalue weighted by molar-refractivity contribution is 9.10. The van der Waals surface area contributed by atoms with Gasteiger partial charge in [0.1, 0.15) is 5.75 Å². The molecule has 0 saturated heterocycles. The minimum absolute atomic E-state index is 0.0254. The second-order valence-corrected chi connectivity index (χ2v) is 6.64. The van der Waals surface area contributed by atoms with Crippen LogP contribution in [0.2, 0.25) is 0 Å². The van der Waals surface area contributed by atoms with E-state index < -0.39 is 0 Å². The van der Waals surface area contributed by atoms with E-state index in [1.54, 1.807) is 13.2 Å². The molecule has 2 rings (SSSR count). The molecule has 0 aromatic heterocycles. The number of hydrogen-bond acceptors (Lipinski definition) is 2. The minimum atomic E-state index is -0.0254. The second kappa shape index (κ2) is 6.61. The largest absolute Gasteiger partial charge is 0.497 e. The Morgan fingerprint density at radius 2 is 2.05 bits per heavy atom. The van der Waals surface area contributed by atoms with Crippen molar-refractivity contribution in [2.24, 2.45) is 11.8 Å². The fourth-order valence-electron chi connectivity index (χ4n) is 2.75. The van der Waals surface area contributed by atoms with Crippen LogP contribution in [0.1, 0.15) is 43.5 Å². The van der Waals surface area contributed by atoms with Gasteiger partial charge in [-0.15, -0.1) is 0 Å². The van der Waals surface area contributed by atoms with E-state index in [1.165, 1.54) is 6.42 Å². The Kier molecular flexibility index (Phi) is 5.08. The van der Waals surface area contributed by atoms with Crippen LogP contribution >= 0.6 is 15.9 Å². The van der Waals surface area contributed by atoms with Crippen LogP contribution < -0.4 is 10.1 Å². The van der Waals surface area contributed by atoms with Crippen LogP contribution in [0.5, 0.6) is 5.75 Å². The number of benzene rings is 1. The first kappa shape index (κ1) is 15.4. The van der Waals surface area contributed by atoms with Crippen LogP contribution in [0.15, 0.2) is 22.7 Å². The molecule has 0 aliphatic heterocycles. The molecule has 20 heavy (non-hydrogen) atoms. The Hall–Kier alpha value is -1.03. The SMILES string of the molecule is COc1ccc(Br)c(C(=O)NC2CCC(C)C(C)C2)c1. The Morgan fingerprint density at radius 3 is 2.70 bits per heavy atom. The lowest BCUT2D eigenvalue weighted by Gasteiger charge is -2.32. The van der Waals surface area contributed by atoms with Gasteiger partial charge in [-0.2, -0.15) is 0 Å². The first-order valence-electron chi connectivity index (χ1n) is 7.15. The van der Waals surface area contributed by atoms with E-state index in [0.717, 1.165) is 23.2 Å². The van der Waals surface area contributed by atoms with Crippen molar-refractivity contribution in [1.82, 2.24) is 5.32 Å². The Morgan fingerprint density at radius 1 is 1.30 bits per heavy atom. The summed E-state index contributed by atoms with van der Waals surface area (Å²) in [5, 5.41) is 3.15. The molecule has 3 atom stereocenters. The van der Waals surface area contributed by atoms with Gasteiger partial charge in [0, 0.05) is 10.5 Å². The van der Waals surface area contributed by atoms with E-state index in [-0.39, 0.29) is 11.9 Å². The van der Waals surface area contributed by atoms with Gasteiger partial charge < -0.3 is 10.1 Å². The van der Waals surface area contributed by atoms with Gasteiger partial charge in [-0.1, -0.05) is 13.8 Å². The average molecular weight is 340 g/mol. The number of nitrogens with one attached hydrogen (secondary N) is 1. The number of rotatable bonds is 3. The van der Waals surface area contributed by atoms with E-state index in [9.17, 15) is 4.79 Å². The highest BCUT2D eigenvalue weighted by Gasteiger charge is 2.26. The van der Waals surface area contributed by atoms with Gasteiger partial charge in [0.05, 0.1) is 12.7 Å². The molecule has 1 aromatic carbocycles. The summed E-state index contributed by atoms with van der Waals surface area (Å²) in [7, 11) is 1.61. The molecule has 1 amide bonds. The van der Waals surface area contributed by atoms with Gasteiger partial charge >= 0.3 is 0 Å². The number of carbonyl (C=O) groups is 1. The fraction of sp³-hybridized carbons (Fsp3) is 0.562. The lowest BCUT2D eigenvalue weighted by atomic mass is 9.79. The maximum absolute atomic E-state index is 12.4. The molecular formula is C16H22BrNO2. The average Bonchev–Trinajstić information content (AvgIpc) is 2.43. The number of amides is 1. The predicted molar refractivity (Wildman–Crippen MR) is 84.1 cm³/mol. The van der Waals surface area contributed by atoms with Crippen LogP contribution in [-0.2, 0) is 0 Å². The highest BCUT2D eigenvalue weighted by atomic mass is 79.9. The molecular weight excluding hydrogens is 318 g/mol. The second-order valence-electron chi connectivity index (χ2n) is 5.78. The fourth-order valence-corrected chi connectivity index (χ4v) is 3.17. The molecule has 4 heteroatoms. The molecule has 3 unspecified atom stereocenters. The first-order valence-corrected chi connectivity index (χ1v) is 7.95. The molecule has 1 N–H and O–H groups in total. The van der Waals surface area contributed by atoms with Gasteiger partial charge in [-0.05, 0) is 65.2 Å². The molecule has 110 valence electrons. The smallest absolute Gasteiger partial charge is 0.252 e. The summed E-state index contributed by atoms with van der Waals surface area (Å²) in [6.07, 6.45) is 3.32. The maximum atomic E-state index is 12.4. The van der Waals surface area contributed by atoms with Crippen LogP contribution in [0.25, 0.3) is 0 Å². The van der Waals surface area contributed by atoms with E-state index in [0.29, 0.717) is 17.2 Å². The molecule has 0 radical (unpaired) electrons. The molecule has 0 heterocycles. The van der Waals surface area contributed by atoms with Crippen molar-refractivity contribution in [2.45, 2.75) is 39.2 Å². The van der Waals surface area contributed by atoms with Crippen molar-refractivity contribution in [3.8, 4) is 5.75 Å². The Bertz CT molecular complexity index is 489. The summed E-state index contributed by atoms with van der Waals surface area (Å²) in [4.78, 5) is 12.4. The number of methoxy groups -OCH3 is 1. The molecule has 3 nitrogen and oxygen atoms in total. The van der Waals surface area contributed by atoms with E-state index >= 15 is 0 Å². The van der Waals surface area contributed by atoms with Crippen molar-refractivity contribution in [3.05, 3.63) is 28.2 Å². The molecule has 1 aliphatic carbocycles. The van der Waals surface area contributed by atoms with Crippen LogP contribution in [-0.4, -0.2) is 19.1 Å². The Labute approximate surface area is 129 Å². The highest BCUT2D eigenvalue weighted by Crippen LogP contribution is 2.30. The van der Waals surface area contributed by atoms with Gasteiger partial charge in [0.2, 0.25) is 0 Å². The van der Waals surface area contributed by atoms with Crippen molar-refractivity contribution >= 4 is 21.8 Å². The summed E-state index contributed by atoms with van der Waals surface area (Å²) >= 11 is 3.43. The third kappa shape index (κ3) is 3.54. The van der Waals surface area contributed by atoms with Crippen LogP contribution in [0.4, 0.5) is 0 Å². The van der Waals surface area contributed by atoms with Gasteiger partial charge in [-0.3, -0.25) is 4.79 Å². The Balaban J connectivity index is 2.05. The van der Waals surface area contributed by atoms with Gasteiger partial charge in [-0.25, -0.2) is 0 Å². The third-order valence-electron chi connectivity index (χ3n) is 4.35. The van der Waals surface area contributed by atoms with Crippen LogP contribution in [0, 0.1) is 11.8 Å². The normalized spacial score (nSPS) is 26.1. The lowest BCUT2D eigenvalue weighted by molar-refractivity contribution is 0.0909. The zero-order valence-electron chi connectivity index (χ0n) is 12.3. The van der Waals surface area contributed by atoms with Gasteiger partial charge in [0.25, 0.3) is 5.91 Å². The molecule has 1 saturated carbocycles. The van der Waals surface area contributed by atoms with E-state index in [4.69, 9.17) is 4.74 Å². The monoisotopic (exact) mass is 339 g/mol. The number of hydrogen-bond donors (Lipinski definition) is 1. The third-order valence-corrected chi connectivity index (χ3v) is 5.04. The maximum Gasteiger partial charge on any atom is 0.252 e. The molecule has 1 aromatic rings. The van der Waals surface area contributed by atoms with Crippen molar-refractivity contribution in [2.75, 3.05) is 7.11 Å². The van der Waals surface area contributed by atoms with Crippen molar-refractivity contribution in [3.63, 3.8) is 0 Å².